The number of hydrogen-bond donors (Lipinski definition) is 2. The van der Waals surface area contributed by atoms with Crippen molar-refractivity contribution in [3.8, 4) is 0 Å². The van der Waals surface area contributed by atoms with Crippen molar-refractivity contribution in [3.63, 3.8) is 0 Å². The van der Waals surface area contributed by atoms with E-state index >= 15 is 0 Å². The minimum Gasteiger partial charge on any atom is -0.480 e. The van der Waals surface area contributed by atoms with Gasteiger partial charge in [0.2, 0.25) is 0 Å². The number of aliphatic carboxylic acids is 1. The average Bonchev–Trinajstić information content (AvgIpc) is 3.14. The standard InChI is InChI=1S/C15H14FNO3S/c16-10-3-4-12-9(6-10)7-13(21-12)14(18)17-11(15(19)20)5-8-1-2-8/h3-4,6-8,11H,1-2,5H2,(H,17,18)(H,19,20). The van der Waals surface area contributed by atoms with Gasteiger partial charge in [0, 0.05) is 4.70 Å². The molecule has 6 heteroatoms. The van der Waals surface area contributed by atoms with Crippen LogP contribution in [-0.4, -0.2) is 23.0 Å². The Morgan fingerprint density at radius 1 is 1.38 bits per heavy atom. The van der Waals surface area contributed by atoms with Gasteiger partial charge in [-0.25, -0.2) is 9.18 Å². The number of thiophene rings is 1. The molecule has 1 saturated carbocycles. The van der Waals surface area contributed by atoms with Crippen LogP contribution in [0.3, 0.4) is 0 Å². The zero-order valence-electron chi connectivity index (χ0n) is 11.1. The lowest BCUT2D eigenvalue weighted by atomic mass is 10.1. The second-order valence-corrected chi connectivity index (χ2v) is 6.42. The van der Waals surface area contributed by atoms with Crippen molar-refractivity contribution < 1.29 is 19.1 Å². The fourth-order valence-electron chi connectivity index (χ4n) is 2.26. The molecule has 110 valence electrons. The van der Waals surface area contributed by atoms with Gasteiger partial charge >= 0.3 is 5.97 Å². The molecule has 1 fully saturated rings. The number of benzene rings is 1. The lowest BCUT2D eigenvalue weighted by Crippen LogP contribution is -2.40. The monoisotopic (exact) mass is 307 g/mol. The maximum absolute atomic E-state index is 13.1. The molecular formula is C15H14FNO3S. The van der Waals surface area contributed by atoms with Crippen LogP contribution in [0, 0.1) is 11.7 Å². The Morgan fingerprint density at radius 3 is 2.81 bits per heavy atom. The fraction of sp³-hybridized carbons (Fsp3) is 0.333. The van der Waals surface area contributed by atoms with E-state index in [0.717, 1.165) is 17.5 Å². The Hall–Kier alpha value is -1.95. The fourth-order valence-corrected chi connectivity index (χ4v) is 3.21. The molecule has 0 aliphatic heterocycles. The number of nitrogens with one attached hydrogen (secondary N) is 1. The molecule has 0 spiro atoms. The van der Waals surface area contributed by atoms with Crippen molar-refractivity contribution in [2.75, 3.05) is 0 Å². The van der Waals surface area contributed by atoms with Gasteiger partial charge in [0.15, 0.2) is 0 Å². The van der Waals surface area contributed by atoms with Gasteiger partial charge < -0.3 is 10.4 Å². The topological polar surface area (TPSA) is 66.4 Å². The van der Waals surface area contributed by atoms with Gasteiger partial charge in [-0.3, -0.25) is 4.79 Å². The number of rotatable bonds is 5. The van der Waals surface area contributed by atoms with E-state index in [1.165, 1.54) is 23.5 Å². The third-order valence-corrected chi connectivity index (χ3v) is 4.69. The van der Waals surface area contributed by atoms with E-state index in [1.54, 1.807) is 12.1 Å². The van der Waals surface area contributed by atoms with E-state index in [0.29, 0.717) is 22.6 Å². The van der Waals surface area contributed by atoms with Gasteiger partial charge in [-0.1, -0.05) is 12.8 Å². The third kappa shape index (κ3) is 3.21. The molecule has 1 amide bonds. The van der Waals surface area contributed by atoms with Crippen LogP contribution >= 0.6 is 11.3 Å². The molecule has 1 aliphatic rings. The van der Waals surface area contributed by atoms with Crippen LogP contribution < -0.4 is 5.32 Å². The molecule has 4 nitrogen and oxygen atoms in total. The van der Waals surface area contributed by atoms with E-state index in [2.05, 4.69) is 5.32 Å². The molecule has 1 heterocycles. The summed E-state index contributed by atoms with van der Waals surface area (Å²) in [6.45, 7) is 0. The predicted molar refractivity (Wildman–Crippen MR) is 78.0 cm³/mol. The van der Waals surface area contributed by atoms with Crippen molar-refractivity contribution in [2.45, 2.75) is 25.3 Å². The second kappa shape index (κ2) is 5.44. The maximum atomic E-state index is 13.1. The maximum Gasteiger partial charge on any atom is 0.326 e. The smallest absolute Gasteiger partial charge is 0.326 e. The molecule has 0 saturated heterocycles. The number of fused-ring (bicyclic) bond motifs is 1. The lowest BCUT2D eigenvalue weighted by molar-refractivity contribution is -0.139. The Balaban J connectivity index is 1.77. The first-order chi connectivity index (χ1) is 10.0. The summed E-state index contributed by atoms with van der Waals surface area (Å²) in [7, 11) is 0. The summed E-state index contributed by atoms with van der Waals surface area (Å²) in [5.41, 5.74) is 0. The van der Waals surface area contributed by atoms with Gasteiger partial charge in [0.05, 0.1) is 4.88 Å². The van der Waals surface area contributed by atoms with Crippen LogP contribution in [-0.2, 0) is 4.79 Å². The molecule has 2 N–H and O–H groups in total. The molecule has 1 aromatic carbocycles. The summed E-state index contributed by atoms with van der Waals surface area (Å²) in [5, 5.41) is 12.4. The summed E-state index contributed by atoms with van der Waals surface area (Å²) in [6, 6.07) is 5.06. The van der Waals surface area contributed by atoms with Crippen LogP contribution in [0.1, 0.15) is 28.9 Å². The Morgan fingerprint density at radius 2 is 2.14 bits per heavy atom. The summed E-state index contributed by atoms with van der Waals surface area (Å²) >= 11 is 1.23. The van der Waals surface area contributed by atoms with Crippen molar-refractivity contribution in [1.29, 1.82) is 0 Å². The van der Waals surface area contributed by atoms with Crippen LogP contribution in [0.5, 0.6) is 0 Å². The first-order valence-electron chi connectivity index (χ1n) is 6.75. The molecule has 0 bridgehead atoms. The van der Waals surface area contributed by atoms with Crippen molar-refractivity contribution in [1.82, 2.24) is 5.32 Å². The van der Waals surface area contributed by atoms with Gasteiger partial charge in [-0.05, 0) is 42.0 Å². The number of carboxylic acid groups (broad SMARTS) is 1. The normalized spacial score (nSPS) is 15.9. The van der Waals surface area contributed by atoms with Crippen LogP contribution in [0.25, 0.3) is 10.1 Å². The highest BCUT2D eigenvalue weighted by molar-refractivity contribution is 7.20. The number of hydrogen-bond acceptors (Lipinski definition) is 3. The number of carboxylic acids is 1. The lowest BCUT2D eigenvalue weighted by Gasteiger charge is -2.13. The third-order valence-electron chi connectivity index (χ3n) is 3.57. The Bertz CT molecular complexity index is 708. The minimum absolute atomic E-state index is 0.357. The summed E-state index contributed by atoms with van der Waals surface area (Å²) in [6.07, 6.45) is 2.53. The van der Waals surface area contributed by atoms with Crippen LogP contribution in [0.15, 0.2) is 24.3 Å². The average molecular weight is 307 g/mol. The highest BCUT2D eigenvalue weighted by atomic mass is 32.1. The molecule has 1 unspecified atom stereocenters. The van der Waals surface area contributed by atoms with E-state index in [1.807, 2.05) is 0 Å². The van der Waals surface area contributed by atoms with E-state index in [4.69, 9.17) is 5.11 Å². The zero-order chi connectivity index (χ0) is 15.0. The summed E-state index contributed by atoms with van der Waals surface area (Å²) in [5.74, 6) is -1.38. The molecular weight excluding hydrogens is 293 g/mol. The molecule has 0 radical (unpaired) electrons. The highest BCUT2D eigenvalue weighted by Crippen LogP contribution is 2.33. The molecule has 1 atom stereocenters. The SMILES string of the molecule is O=C(NC(CC1CC1)C(=O)O)c1cc2cc(F)ccc2s1. The highest BCUT2D eigenvalue weighted by Gasteiger charge is 2.30. The minimum atomic E-state index is -1.01. The molecule has 1 aliphatic carbocycles. The van der Waals surface area contributed by atoms with Gasteiger partial charge in [0.25, 0.3) is 5.91 Å². The molecule has 2 aromatic rings. The van der Waals surface area contributed by atoms with E-state index in [9.17, 15) is 14.0 Å². The Labute approximate surface area is 124 Å². The molecule has 1 aromatic heterocycles. The van der Waals surface area contributed by atoms with Crippen molar-refractivity contribution in [3.05, 3.63) is 35.0 Å². The van der Waals surface area contributed by atoms with E-state index < -0.39 is 17.9 Å². The first-order valence-corrected chi connectivity index (χ1v) is 7.57. The zero-order valence-corrected chi connectivity index (χ0v) is 12.0. The summed E-state index contributed by atoms with van der Waals surface area (Å²) in [4.78, 5) is 23.7. The van der Waals surface area contributed by atoms with E-state index in [-0.39, 0.29) is 5.82 Å². The largest absolute Gasteiger partial charge is 0.480 e. The van der Waals surface area contributed by atoms with Crippen LogP contribution in [0.2, 0.25) is 0 Å². The number of halogens is 1. The quantitative estimate of drug-likeness (QED) is 0.892. The van der Waals surface area contributed by atoms with Gasteiger partial charge in [0.1, 0.15) is 11.9 Å². The number of carbonyl (C=O) groups excluding carboxylic acids is 1. The first kappa shape index (κ1) is 14.0. The number of carbonyl (C=O) groups is 2. The van der Waals surface area contributed by atoms with Crippen LogP contribution in [0.4, 0.5) is 4.39 Å². The van der Waals surface area contributed by atoms with Gasteiger partial charge in [-0.15, -0.1) is 11.3 Å². The van der Waals surface area contributed by atoms with Crippen molar-refractivity contribution >= 4 is 33.3 Å². The molecule has 3 rings (SSSR count). The van der Waals surface area contributed by atoms with Gasteiger partial charge in [-0.2, -0.15) is 0 Å². The van der Waals surface area contributed by atoms with Crippen molar-refractivity contribution in [2.24, 2.45) is 5.92 Å². The predicted octanol–water partition coefficient (Wildman–Crippen LogP) is 3.02. The summed E-state index contributed by atoms with van der Waals surface area (Å²) < 4.78 is 13.9. The second-order valence-electron chi connectivity index (χ2n) is 5.34. The molecule has 21 heavy (non-hydrogen) atoms. The Kier molecular flexibility index (Phi) is 3.63. The number of amides is 1.